The predicted octanol–water partition coefficient (Wildman–Crippen LogP) is 5.56. The van der Waals surface area contributed by atoms with Crippen LogP contribution in [0.15, 0.2) is 24.4 Å². The zero-order chi connectivity index (χ0) is 27.8. The standard InChI is InChI=1S/C28H44N4O4Si/c1-19-12-13-20(2)32(19)24-16-22(34-11)21(17-29-24)30-14-15-31(25(33)35-26(3,4)5)23(18-30)28(9,10)36-37-27(6,7)8/h12-13,16-17,23H,14-15,18H2,1-11H3/t23-/m0/s1. The molecular weight excluding hydrogens is 484 g/mol. The summed E-state index contributed by atoms with van der Waals surface area (Å²) in [7, 11) is 1.98. The van der Waals surface area contributed by atoms with Crippen LogP contribution in [-0.2, 0) is 9.16 Å². The second kappa shape index (κ2) is 10.7. The van der Waals surface area contributed by atoms with Gasteiger partial charge in [-0.15, -0.1) is 0 Å². The Morgan fingerprint density at radius 1 is 1.03 bits per heavy atom. The van der Waals surface area contributed by atoms with E-state index in [2.05, 4.69) is 70.1 Å². The number of hydrogen-bond donors (Lipinski definition) is 0. The first kappa shape index (κ1) is 29.0. The van der Waals surface area contributed by atoms with Crippen molar-refractivity contribution in [3.8, 4) is 11.6 Å². The highest BCUT2D eigenvalue weighted by atomic mass is 28.2. The Hall–Kier alpha value is -2.52. The molecule has 0 aliphatic carbocycles. The van der Waals surface area contributed by atoms with E-state index in [1.54, 1.807) is 7.11 Å². The van der Waals surface area contributed by atoms with Crippen LogP contribution >= 0.6 is 0 Å². The Kier molecular flexibility index (Phi) is 8.39. The van der Waals surface area contributed by atoms with Gasteiger partial charge in [-0.05, 0) is 65.6 Å². The van der Waals surface area contributed by atoms with Crippen LogP contribution in [-0.4, -0.2) is 74.3 Å². The molecule has 2 aromatic heterocycles. The van der Waals surface area contributed by atoms with Crippen molar-refractivity contribution < 1.29 is 18.7 Å². The number of methoxy groups -OCH3 is 1. The van der Waals surface area contributed by atoms with E-state index in [1.807, 2.05) is 37.9 Å². The number of pyridine rings is 1. The molecule has 2 radical (unpaired) electrons. The number of nitrogens with zero attached hydrogens (tertiary/aromatic N) is 4. The molecular formula is C28H44N4O4Si. The fourth-order valence-electron chi connectivity index (χ4n) is 4.46. The lowest BCUT2D eigenvalue weighted by Crippen LogP contribution is -2.64. The zero-order valence-corrected chi connectivity index (χ0v) is 25.4. The predicted molar refractivity (Wildman–Crippen MR) is 149 cm³/mol. The van der Waals surface area contributed by atoms with Crippen LogP contribution in [0.4, 0.5) is 10.5 Å². The Morgan fingerprint density at radius 2 is 1.65 bits per heavy atom. The number of amides is 1. The van der Waals surface area contributed by atoms with Gasteiger partial charge >= 0.3 is 6.09 Å². The van der Waals surface area contributed by atoms with E-state index in [0.29, 0.717) is 29.4 Å². The summed E-state index contributed by atoms with van der Waals surface area (Å²) in [5.41, 5.74) is 1.96. The number of hydrogen-bond acceptors (Lipinski definition) is 6. The molecule has 204 valence electrons. The van der Waals surface area contributed by atoms with Gasteiger partial charge in [-0.3, -0.25) is 4.90 Å². The topological polar surface area (TPSA) is 69.1 Å². The van der Waals surface area contributed by atoms with Crippen molar-refractivity contribution in [1.82, 2.24) is 14.5 Å². The van der Waals surface area contributed by atoms with E-state index >= 15 is 0 Å². The monoisotopic (exact) mass is 528 g/mol. The van der Waals surface area contributed by atoms with E-state index in [0.717, 1.165) is 28.6 Å². The summed E-state index contributed by atoms with van der Waals surface area (Å²) in [5, 5.41) is 0.0278. The molecule has 0 spiro atoms. The zero-order valence-electron chi connectivity index (χ0n) is 24.4. The number of ether oxygens (including phenoxy) is 2. The summed E-state index contributed by atoms with van der Waals surface area (Å²) in [5.74, 6) is 1.57. The molecule has 0 unspecified atom stereocenters. The van der Waals surface area contributed by atoms with Gasteiger partial charge < -0.3 is 23.4 Å². The number of piperazine rings is 1. The first-order valence-electron chi connectivity index (χ1n) is 12.9. The van der Waals surface area contributed by atoms with Crippen molar-refractivity contribution in [3.63, 3.8) is 0 Å². The second-order valence-electron chi connectivity index (χ2n) is 12.4. The maximum absolute atomic E-state index is 13.3. The molecule has 0 saturated carbocycles. The van der Waals surface area contributed by atoms with Crippen LogP contribution in [0.5, 0.6) is 5.75 Å². The Labute approximate surface area is 225 Å². The van der Waals surface area contributed by atoms with Crippen molar-refractivity contribution in [1.29, 1.82) is 0 Å². The van der Waals surface area contributed by atoms with Crippen LogP contribution in [0, 0.1) is 13.8 Å². The lowest BCUT2D eigenvalue weighted by atomic mass is 9.94. The van der Waals surface area contributed by atoms with Gasteiger partial charge in [0.05, 0.1) is 30.6 Å². The Bertz CT molecular complexity index is 1080. The highest BCUT2D eigenvalue weighted by molar-refractivity contribution is 6.31. The van der Waals surface area contributed by atoms with E-state index in [9.17, 15) is 4.79 Å². The minimum absolute atomic E-state index is 0.0278. The van der Waals surface area contributed by atoms with Crippen LogP contribution in [0.25, 0.3) is 5.82 Å². The van der Waals surface area contributed by atoms with Crippen molar-refractivity contribution >= 4 is 21.5 Å². The van der Waals surface area contributed by atoms with Crippen molar-refractivity contribution in [2.45, 2.75) is 91.5 Å². The number of aryl methyl sites for hydroxylation is 2. The van der Waals surface area contributed by atoms with E-state index in [4.69, 9.17) is 18.9 Å². The molecule has 9 heteroatoms. The number of anilines is 1. The molecule has 1 fully saturated rings. The molecule has 0 aromatic carbocycles. The largest absolute Gasteiger partial charge is 0.494 e. The maximum Gasteiger partial charge on any atom is 0.410 e. The Morgan fingerprint density at radius 3 is 2.19 bits per heavy atom. The number of aromatic nitrogens is 2. The lowest BCUT2D eigenvalue weighted by molar-refractivity contribution is -0.0296. The molecule has 8 nitrogen and oxygen atoms in total. The van der Waals surface area contributed by atoms with Crippen molar-refractivity contribution in [3.05, 3.63) is 35.8 Å². The third-order valence-corrected chi connectivity index (χ3v) is 7.56. The third kappa shape index (κ3) is 7.07. The lowest BCUT2D eigenvalue weighted by Gasteiger charge is -2.49. The van der Waals surface area contributed by atoms with Gasteiger partial charge in [0.25, 0.3) is 0 Å². The third-order valence-electron chi connectivity index (χ3n) is 6.32. The molecule has 37 heavy (non-hydrogen) atoms. The van der Waals surface area contributed by atoms with Gasteiger partial charge in [0.1, 0.15) is 17.2 Å². The molecule has 1 aliphatic heterocycles. The highest BCUT2D eigenvalue weighted by Crippen LogP contribution is 2.35. The molecule has 1 aliphatic rings. The van der Waals surface area contributed by atoms with E-state index in [1.165, 1.54) is 0 Å². The molecule has 1 saturated heterocycles. The van der Waals surface area contributed by atoms with Gasteiger partial charge in [-0.1, -0.05) is 20.8 Å². The first-order valence-corrected chi connectivity index (χ1v) is 13.8. The summed E-state index contributed by atoms with van der Waals surface area (Å²) < 4.78 is 20.2. The van der Waals surface area contributed by atoms with Gasteiger partial charge in [-0.2, -0.15) is 0 Å². The summed E-state index contributed by atoms with van der Waals surface area (Å²) in [6.45, 7) is 22.1. The molecule has 2 aromatic rings. The molecule has 0 bridgehead atoms. The molecule has 1 atom stereocenters. The van der Waals surface area contributed by atoms with Crippen LogP contribution in [0.1, 0.15) is 66.8 Å². The first-order chi connectivity index (χ1) is 17.0. The van der Waals surface area contributed by atoms with Crippen LogP contribution in [0.2, 0.25) is 5.04 Å². The molecule has 1 amide bonds. The smallest absolute Gasteiger partial charge is 0.410 e. The fourth-order valence-corrected chi connectivity index (χ4v) is 5.17. The van der Waals surface area contributed by atoms with Crippen LogP contribution in [0.3, 0.4) is 0 Å². The van der Waals surface area contributed by atoms with Gasteiger partial charge in [0.2, 0.25) is 9.76 Å². The average Bonchev–Trinajstić information content (AvgIpc) is 3.13. The van der Waals surface area contributed by atoms with Crippen LogP contribution < -0.4 is 9.64 Å². The van der Waals surface area contributed by atoms with Crippen molar-refractivity contribution in [2.75, 3.05) is 31.6 Å². The normalized spacial score (nSPS) is 17.2. The van der Waals surface area contributed by atoms with Crippen molar-refractivity contribution in [2.24, 2.45) is 0 Å². The fraction of sp³-hybridized carbons (Fsp3) is 0.643. The molecule has 3 rings (SSSR count). The molecule has 0 N–H and O–H groups in total. The molecule has 3 heterocycles. The number of carbonyl (C=O) groups is 1. The summed E-state index contributed by atoms with van der Waals surface area (Å²) in [6.07, 6.45) is 1.56. The highest BCUT2D eigenvalue weighted by Gasteiger charge is 2.43. The second-order valence-corrected chi connectivity index (χ2v) is 14.3. The van der Waals surface area contributed by atoms with Gasteiger partial charge in [-0.25, -0.2) is 9.78 Å². The van der Waals surface area contributed by atoms with E-state index < -0.39 is 11.2 Å². The summed E-state index contributed by atoms with van der Waals surface area (Å²) in [6, 6.07) is 5.91. The summed E-state index contributed by atoms with van der Waals surface area (Å²) >= 11 is 0. The number of carbonyl (C=O) groups excluding carboxylic acids is 1. The summed E-state index contributed by atoms with van der Waals surface area (Å²) in [4.78, 5) is 22.1. The Balaban J connectivity index is 1.94. The van der Waals surface area contributed by atoms with Gasteiger partial charge in [0, 0.05) is 37.1 Å². The van der Waals surface area contributed by atoms with Gasteiger partial charge in [0.15, 0.2) is 0 Å². The number of rotatable bonds is 6. The van der Waals surface area contributed by atoms with E-state index in [-0.39, 0.29) is 17.2 Å². The SMILES string of the molecule is COc1cc(-n2c(C)ccc2C)ncc1N1CCN(C(=O)OC(C)(C)C)[C@H](C(C)(C)O[Si]C(C)(C)C)C1. The minimum Gasteiger partial charge on any atom is -0.494 e. The quantitative estimate of drug-likeness (QED) is 0.458. The average molecular weight is 529 g/mol. The minimum atomic E-state index is -0.596. The maximum atomic E-state index is 13.3.